The van der Waals surface area contributed by atoms with E-state index in [1.165, 1.54) is 43.5 Å². The molecule has 11 rings (SSSR count). The predicted octanol–water partition coefficient (Wildman–Crippen LogP) is 13.3. The quantitative estimate of drug-likeness (QED) is 0.172. The molecule has 0 saturated heterocycles. The molecule has 0 radical (unpaired) electrons. The molecule has 0 aliphatic heterocycles. The molecule has 262 valence electrons. The minimum atomic E-state index is 0.704. The maximum absolute atomic E-state index is 5.08. The van der Waals surface area contributed by atoms with Gasteiger partial charge in [0.1, 0.15) is 0 Å². The van der Waals surface area contributed by atoms with Crippen LogP contribution in [0.15, 0.2) is 206 Å². The molecule has 4 nitrogen and oxygen atoms in total. The summed E-state index contributed by atoms with van der Waals surface area (Å²) in [5, 5.41) is 6.23. The fourth-order valence-electron chi connectivity index (χ4n) is 8.24. The number of hydrogen-bond donors (Lipinski definition) is 0. The third kappa shape index (κ3) is 5.39. The van der Waals surface area contributed by atoms with Crippen molar-refractivity contribution in [3.63, 3.8) is 0 Å². The average molecular weight is 715 g/mol. The van der Waals surface area contributed by atoms with Gasteiger partial charge in [-0.3, -0.25) is 0 Å². The summed E-state index contributed by atoms with van der Waals surface area (Å²) in [4.78, 5) is 10.2. The molecule has 0 N–H and O–H groups in total. The molecular weight excluding hydrogens is 681 g/mol. The standard InChI is InChI=1S/C52H34N4/c1-4-13-36(14-5-1)47-34-48(37-15-6-2-7-16-37)54-52(53-47)40-18-12-17-38(31-40)35-23-26-42(27-24-35)56-50-22-11-10-21-43(50)46-33-45-39(32-51(46)56)25-28-49-44(45)29-30-55(49)41-19-8-3-9-20-41/h1-34H. The summed E-state index contributed by atoms with van der Waals surface area (Å²) in [7, 11) is 0. The first-order valence-electron chi connectivity index (χ1n) is 19.0. The first kappa shape index (κ1) is 31.9. The average Bonchev–Trinajstić information content (AvgIpc) is 3.86. The highest BCUT2D eigenvalue weighted by molar-refractivity contribution is 6.18. The van der Waals surface area contributed by atoms with Gasteiger partial charge in [0.25, 0.3) is 0 Å². The Morgan fingerprint density at radius 3 is 1.68 bits per heavy atom. The molecular formula is C52H34N4. The number of fused-ring (bicyclic) bond motifs is 6. The van der Waals surface area contributed by atoms with Crippen LogP contribution in [0.5, 0.6) is 0 Å². The van der Waals surface area contributed by atoms with E-state index in [1.54, 1.807) is 0 Å². The largest absolute Gasteiger partial charge is 0.317 e. The third-order valence-corrected chi connectivity index (χ3v) is 11.0. The summed E-state index contributed by atoms with van der Waals surface area (Å²) >= 11 is 0. The molecule has 3 aromatic heterocycles. The van der Waals surface area contributed by atoms with Crippen LogP contribution in [0.3, 0.4) is 0 Å². The number of nitrogens with zero attached hydrogens (tertiary/aromatic N) is 4. The highest BCUT2D eigenvalue weighted by atomic mass is 15.0. The summed E-state index contributed by atoms with van der Waals surface area (Å²) in [6, 6.07) is 71.0. The van der Waals surface area contributed by atoms with Gasteiger partial charge < -0.3 is 9.13 Å². The molecule has 11 aromatic rings. The Morgan fingerprint density at radius 2 is 0.946 bits per heavy atom. The predicted molar refractivity (Wildman–Crippen MR) is 232 cm³/mol. The molecule has 0 bridgehead atoms. The maximum atomic E-state index is 5.08. The number of para-hydroxylation sites is 2. The van der Waals surface area contributed by atoms with Crippen LogP contribution >= 0.6 is 0 Å². The van der Waals surface area contributed by atoms with E-state index < -0.39 is 0 Å². The first-order valence-corrected chi connectivity index (χ1v) is 19.0. The third-order valence-electron chi connectivity index (χ3n) is 11.0. The van der Waals surface area contributed by atoms with Crippen molar-refractivity contribution in [1.82, 2.24) is 19.1 Å². The van der Waals surface area contributed by atoms with Crippen LogP contribution in [0, 0.1) is 0 Å². The van der Waals surface area contributed by atoms with Crippen molar-refractivity contribution in [3.05, 3.63) is 206 Å². The Kier molecular flexibility index (Phi) is 7.46. The lowest BCUT2D eigenvalue weighted by molar-refractivity contribution is 1.13. The SMILES string of the molecule is c1ccc(-c2cc(-c3ccccc3)nc(-c3cccc(-c4ccc(-n5c6ccccc6c6cc7c(ccc8c7ccn8-c7ccccc7)cc65)cc4)c3)n2)cc1. The van der Waals surface area contributed by atoms with Crippen LogP contribution in [0.4, 0.5) is 0 Å². The molecule has 0 saturated carbocycles. The molecule has 3 heterocycles. The second kappa shape index (κ2) is 13.1. The Bertz CT molecular complexity index is 3160. The van der Waals surface area contributed by atoms with Gasteiger partial charge in [-0.2, -0.15) is 0 Å². The second-order valence-corrected chi connectivity index (χ2v) is 14.3. The van der Waals surface area contributed by atoms with E-state index in [4.69, 9.17) is 9.97 Å². The van der Waals surface area contributed by atoms with Gasteiger partial charge in [0.05, 0.1) is 27.9 Å². The number of hydrogen-bond acceptors (Lipinski definition) is 2. The second-order valence-electron chi connectivity index (χ2n) is 14.3. The number of aromatic nitrogens is 4. The Hall–Kier alpha value is -7.56. The summed E-state index contributed by atoms with van der Waals surface area (Å²) in [5.74, 6) is 0.704. The minimum absolute atomic E-state index is 0.704. The smallest absolute Gasteiger partial charge is 0.160 e. The molecule has 0 aliphatic rings. The molecule has 0 atom stereocenters. The topological polar surface area (TPSA) is 35.6 Å². The van der Waals surface area contributed by atoms with Gasteiger partial charge in [-0.1, -0.05) is 133 Å². The van der Waals surface area contributed by atoms with Crippen LogP contribution in [0.25, 0.3) is 99.9 Å². The molecule has 0 aliphatic carbocycles. The number of benzene rings is 8. The van der Waals surface area contributed by atoms with Gasteiger partial charge in [0.15, 0.2) is 5.82 Å². The Labute approximate surface area is 324 Å². The summed E-state index contributed by atoms with van der Waals surface area (Å²) in [5.41, 5.74) is 13.0. The molecule has 0 fully saturated rings. The lowest BCUT2D eigenvalue weighted by Crippen LogP contribution is -1.96. The van der Waals surface area contributed by atoms with Crippen molar-refractivity contribution in [1.29, 1.82) is 0 Å². The van der Waals surface area contributed by atoms with Crippen molar-refractivity contribution in [2.75, 3.05) is 0 Å². The summed E-state index contributed by atoms with van der Waals surface area (Å²) in [6.45, 7) is 0. The number of rotatable bonds is 6. The van der Waals surface area contributed by atoms with Gasteiger partial charge >= 0.3 is 0 Å². The zero-order valence-electron chi connectivity index (χ0n) is 30.4. The lowest BCUT2D eigenvalue weighted by Gasteiger charge is -2.12. The zero-order chi connectivity index (χ0) is 37.0. The van der Waals surface area contributed by atoms with Crippen LogP contribution in [0.1, 0.15) is 0 Å². The van der Waals surface area contributed by atoms with Crippen molar-refractivity contribution in [2.45, 2.75) is 0 Å². The molecule has 4 heteroatoms. The Morgan fingerprint density at radius 1 is 0.321 bits per heavy atom. The fourth-order valence-corrected chi connectivity index (χ4v) is 8.24. The van der Waals surface area contributed by atoms with E-state index in [2.05, 4.69) is 179 Å². The van der Waals surface area contributed by atoms with Crippen LogP contribution in [-0.4, -0.2) is 19.1 Å². The monoisotopic (exact) mass is 714 g/mol. The van der Waals surface area contributed by atoms with E-state index in [1.807, 2.05) is 36.4 Å². The molecule has 8 aromatic carbocycles. The van der Waals surface area contributed by atoms with Gasteiger partial charge in [0, 0.05) is 50.4 Å². The van der Waals surface area contributed by atoms with E-state index in [0.717, 1.165) is 50.6 Å². The molecule has 0 unspecified atom stereocenters. The van der Waals surface area contributed by atoms with E-state index in [0.29, 0.717) is 5.82 Å². The minimum Gasteiger partial charge on any atom is -0.317 e. The van der Waals surface area contributed by atoms with E-state index in [9.17, 15) is 0 Å². The van der Waals surface area contributed by atoms with Crippen molar-refractivity contribution < 1.29 is 0 Å². The van der Waals surface area contributed by atoms with E-state index in [-0.39, 0.29) is 0 Å². The zero-order valence-corrected chi connectivity index (χ0v) is 30.4. The van der Waals surface area contributed by atoms with Gasteiger partial charge in [-0.05, 0) is 88.6 Å². The van der Waals surface area contributed by atoms with Gasteiger partial charge in [0.2, 0.25) is 0 Å². The molecule has 0 amide bonds. The highest BCUT2D eigenvalue weighted by Gasteiger charge is 2.16. The van der Waals surface area contributed by atoms with Crippen molar-refractivity contribution >= 4 is 43.5 Å². The van der Waals surface area contributed by atoms with Gasteiger partial charge in [-0.15, -0.1) is 0 Å². The highest BCUT2D eigenvalue weighted by Crippen LogP contribution is 2.38. The van der Waals surface area contributed by atoms with Gasteiger partial charge in [-0.25, -0.2) is 9.97 Å². The first-order chi connectivity index (χ1) is 27.7. The van der Waals surface area contributed by atoms with Crippen LogP contribution < -0.4 is 0 Å². The fraction of sp³-hybridized carbons (Fsp3) is 0. The summed E-state index contributed by atoms with van der Waals surface area (Å²) in [6.07, 6.45) is 2.18. The molecule has 56 heavy (non-hydrogen) atoms. The summed E-state index contributed by atoms with van der Waals surface area (Å²) < 4.78 is 4.67. The van der Waals surface area contributed by atoms with Crippen molar-refractivity contribution in [3.8, 4) is 56.4 Å². The lowest BCUT2D eigenvalue weighted by atomic mass is 10.0. The van der Waals surface area contributed by atoms with E-state index >= 15 is 0 Å². The Balaban J connectivity index is 0.992. The van der Waals surface area contributed by atoms with Crippen LogP contribution in [-0.2, 0) is 0 Å². The normalized spacial score (nSPS) is 11.6. The van der Waals surface area contributed by atoms with Crippen molar-refractivity contribution in [2.24, 2.45) is 0 Å². The maximum Gasteiger partial charge on any atom is 0.160 e. The molecule has 0 spiro atoms. The van der Waals surface area contributed by atoms with Crippen LogP contribution in [0.2, 0.25) is 0 Å².